The summed E-state index contributed by atoms with van der Waals surface area (Å²) in [5.41, 5.74) is 2.20. The van der Waals surface area contributed by atoms with E-state index in [0.717, 1.165) is 5.56 Å². The van der Waals surface area contributed by atoms with Gasteiger partial charge in [0.15, 0.2) is 11.9 Å². The Hall–Kier alpha value is -3.37. The summed E-state index contributed by atoms with van der Waals surface area (Å²) in [5, 5.41) is 29.8. The third-order valence-electron chi connectivity index (χ3n) is 5.26. The van der Waals surface area contributed by atoms with E-state index in [2.05, 4.69) is 15.0 Å². The highest BCUT2D eigenvalue weighted by atomic mass is 16.6. The van der Waals surface area contributed by atoms with E-state index in [1.165, 1.54) is 17.2 Å². The van der Waals surface area contributed by atoms with Gasteiger partial charge in [0.25, 0.3) is 0 Å². The largest absolute Gasteiger partial charge is 0.457 e. The molecule has 9 heteroatoms. The summed E-state index contributed by atoms with van der Waals surface area (Å²) in [7, 11) is 0. The molecule has 4 aromatic rings. The van der Waals surface area contributed by atoms with Gasteiger partial charge in [-0.2, -0.15) is 0 Å². The highest BCUT2D eigenvalue weighted by Gasteiger charge is 2.44. The number of benzene rings is 2. The van der Waals surface area contributed by atoms with Crippen molar-refractivity contribution in [3.05, 3.63) is 67.3 Å². The summed E-state index contributed by atoms with van der Waals surface area (Å²) in [6, 6.07) is 16.9. The number of hydrogen-bond acceptors (Lipinski definition) is 8. The number of aromatic nitrogens is 4. The second-order valence-electron chi connectivity index (χ2n) is 7.19. The highest BCUT2D eigenvalue weighted by molar-refractivity contribution is 5.89. The lowest BCUT2D eigenvalue weighted by Gasteiger charge is -2.16. The average Bonchev–Trinajstić information content (AvgIpc) is 3.36. The first kappa shape index (κ1) is 19.6. The fourth-order valence-corrected chi connectivity index (χ4v) is 3.71. The predicted molar refractivity (Wildman–Crippen MR) is 110 cm³/mol. The van der Waals surface area contributed by atoms with Crippen LogP contribution in [0.15, 0.2) is 67.3 Å². The smallest absolute Gasteiger partial charge is 0.166 e. The van der Waals surface area contributed by atoms with Crippen molar-refractivity contribution < 1.29 is 24.8 Å². The zero-order chi connectivity index (χ0) is 21.4. The van der Waals surface area contributed by atoms with Crippen LogP contribution in [0.2, 0.25) is 0 Å². The number of aliphatic hydroxyl groups excluding tert-OH is 3. The van der Waals surface area contributed by atoms with Gasteiger partial charge in [-0.1, -0.05) is 30.3 Å². The molecule has 0 spiro atoms. The van der Waals surface area contributed by atoms with Crippen LogP contribution in [-0.4, -0.2) is 59.8 Å². The highest BCUT2D eigenvalue weighted by Crippen LogP contribution is 2.36. The first-order chi connectivity index (χ1) is 15.2. The van der Waals surface area contributed by atoms with E-state index < -0.39 is 31.1 Å². The van der Waals surface area contributed by atoms with Gasteiger partial charge in [-0.05, 0) is 24.3 Å². The van der Waals surface area contributed by atoms with E-state index in [1.54, 1.807) is 0 Å². The quantitative estimate of drug-likeness (QED) is 0.447. The Morgan fingerprint density at radius 3 is 2.48 bits per heavy atom. The number of imidazole rings is 1. The van der Waals surface area contributed by atoms with Crippen LogP contribution >= 0.6 is 0 Å². The molecule has 3 heterocycles. The van der Waals surface area contributed by atoms with Crippen LogP contribution in [0.5, 0.6) is 11.5 Å². The van der Waals surface area contributed by atoms with Gasteiger partial charge in [0.1, 0.15) is 47.3 Å². The summed E-state index contributed by atoms with van der Waals surface area (Å²) in [5.74, 6) is 1.30. The minimum absolute atomic E-state index is 0.411. The van der Waals surface area contributed by atoms with E-state index in [9.17, 15) is 15.3 Å². The Bertz CT molecular complexity index is 1200. The molecule has 1 aliphatic heterocycles. The number of ether oxygens (including phenoxy) is 2. The zero-order valence-corrected chi connectivity index (χ0v) is 16.3. The average molecular weight is 420 g/mol. The first-order valence-electron chi connectivity index (χ1n) is 9.79. The SMILES string of the molecule is OC[C@H]1OC(n2cnc3c(-c4ccccc4Oc4ccccc4)ncnc32)[C@H](O)[C@@H]1O. The number of rotatable bonds is 5. The molecule has 31 heavy (non-hydrogen) atoms. The number of nitrogens with zero attached hydrogens (tertiary/aromatic N) is 4. The van der Waals surface area contributed by atoms with Crippen molar-refractivity contribution in [2.24, 2.45) is 0 Å². The number of aliphatic hydroxyl groups is 3. The minimum Gasteiger partial charge on any atom is -0.457 e. The van der Waals surface area contributed by atoms with E-state index in [0.29, 0.717) is 28.4 Å². The number of fused-ring (bicyclic) bond motifs is 1. The Balaban J connectivity index is 1.56. The molecule has 0 aliphatic carbocycles. The molecule has 2 aromatic heterocycles. The third kappa shape index (κ3) is 3.43. The maximum absolute atomic E-state index is 10.4. The maximum atomic E-state index is 10.4. The van der Waals surface area contributed by atoms with Crippen molar-refractivity contribution >= 4 is 11.2 Å². The molecule has 5 rings (SSSR count). The molecule has 1 unspecified atom stereocenters. The fraction of sp³-hybridized carbons (Fsp3) is 0.227. The van der Waals surface area contributed by atoms with Crippen molar-refractivity contribution in [2.45, 2.75) is 24.5 Å². The lowest BCUT2D eigenvalue weighted by Crippen LogP contribution is -2.33. The molecule has 158 valence electrons. The number of para-hydroxylation sites is 2. The molecule has 1 fully saturated rings. The van der Waals surface area contributed by atoms with Crippen LogP contribution < -0.4 is 4.74 Å². The van der Waals surface area contributed by atoms with Gasteiger partial charge in [0, 0.05) is 5.56 Å². The zero-order valence-electron chi connectivity index (χ0n) is 16.3. The summed E-state index contributed by atoms with van der Waals surface area (Å²) >= 11 is 0. The van der Waals surface area contributed by atoms with Crippen LogP contribution in [0.1, 0.15) is 6.23 Å². The molecule has 1 aliphatic rings. The molecule has 2 aromatic carbocycles. The van der Waals surface area contributed by atoms with Crippen molar-refractivity contribution in [1.82, 2.24) is 19.5 Å². The van der Waals surface area contributed by atoms with Gasteiger partial charge in [-0.25, -0.2) is 15.0 Å². The van der Waals surface area contributed by atoms with Gasteiger partial charge in [-0.15, -0.1) is 0 Å². The van der Waals surface area contributed by atoms with E-state index in [-0.39, 0.29) is 0 Å². The maximum Gasteiger partial charge on any atom is 0.166 e. The molecule has 1 saturated heterocycles. The summed E-state index contributed by atoms with van der Waals surface area (Å²) in [6.07, 6.45) is -1.40. The van der Waals surface area contributed by atoms with E-state index in [4.69, 9.17) is 9.47 Å². The van der Waals surface area contributed by atoms with Crippen molar-refractivity contribution in [3.63, 3.8) is 0 Å². The Morgan fingerprint density at radius 1 is 0.935 bits per heavy atom. The second-order valence-corrected chi connectivity index (χ2v) is 7.19. The Morgan fingerprint density at radius 2 is 1.71 bits per heavy atom. The van der Waals surface area contributed by atoms with E-state index >= 15 is 0 Å². The van der Waals surface area contributed by atoms with Crippen LogP contribution in [0, 0.1) is 0 Å². The second kappa shape index (κ2) is 8.05. The summed E-state index contributed by atoms with van der Waals surface area (Å²) < 4.78 is 13.2. The van der Waals surface area contributed by atoms with Gasteiger partial charge >= 0.3 is 0 Å². The van der Waals surface area contributed by atoms with Gasteiger partial charge in [0.05, 0.1) is 12.9 Å². The molecule has 9 nitrogen and oxygen atoms in total. The molecule has 0 saturated carbocycles. The summed E-state index contributed by atoms with van der Waals surface area (Å²) in [4.78, 5) is 13.2. The lowest BCUT2D eigenvalue weighted by atomic mass is 10.1. The molecular formula is C22H20N4O5. The Labute approximate surface area is 177 Å². The fourth-order valence-electron chi connectivity index (χ4n) is 3.71. The monoisotopic (exact) mass is 420 g/mol. The molecule has 4 atom stereocenters. The molecule has 0 amide bonds. The standard InChI is InChI=1S/C22H20N4O5/c27-10-16-19(28)20(29)22(31-16)26-12-25-18-17(23-11-24-21(18)26)14-8-4-5-9-15(14)30-13-6-2-1-3-7-13/h1-9,11-12,16,19-20,22,27-29H,10H2/t16-,19-,20-,22?/m1/s1. The van der Waals surface area contributed by atoms with Crippen LogP contribution in [0.4, 0.5) is 0 Å². The normalized spacial score (nSPS) is 23.3. The predicted octanol–water partition coefficient (Wildman–Crippen LogP) is 1.90. The van der Waals surface area contributed by atoms with Crippen molar-refractivity contribution in [3.8, 4) is 22.8 Å². The summed E-state index contributed by atoms with van der Waals surface area (Å²) in [6.45, 7) is -0.411. The topological polar surface area (TPSA) is 123 Å². The minimum atomic E-state index is -1.23. The van der Waals surface area contributed by atoms with Crippen molar-refractivity contribution in [2.75, 3.05) is 6.61 Å². The third-order valence-corrected chi connectivity index (χ3v) is 5.26. The van der Waals surface area contributed by atoms with Gasteiger partial charge < -0.3 is 24.8 Å². The molecule has 0 radical (unpaired) electrons. The van der Waals surface area contributed by atoms with Crippen LogP contribution in [0.25, 0.3) is 22.4 Å². The number of hydrogen-bond donors (Lipinski definition) is 3. The molecular weight excluding hydrogens is 400 g/mol. The van der Waals surface area contributed by atoms with E-state index in [1.807, 2.05) is 54.6 Å². The van der Waals surface area contributed by atoms with Gasteiger partial charge in [0.2, 0.25) is 0 Å². The van der Waals surface area contributed by atoms with Gasteiger partial charge in [-0.3, -0.25) is 4.57 Å². The van der Waals surface area contributed by atoms with Crippen molar-refractivity contribution in [1.29, 1.82) is 0 Å². The Kier molecular flexibility index (Phi) is 5.08. The lowest BCUT2D eigenvalue weighted by molar-refractivity contribution is -0.0511. The first-order valence-corrected chi connectivity index (χ1v) is 9.79. The molecule has 0 bridgehead atoms. The van der Waals surface area contributed by atoms with Crippen LogP contribution in [0.3, 0.4) is 0 Å². The molecule has 3 N–H and O–H groups in total. The van der Waals surface area contributed by atoms with Crippen LogP contribution in [-0.2, 0) is 4.74 Å².